The molecule has 0 spiro atoms. The van der Waals surface area contributed by atoms with E-state index in [-0.39, 0.29) is 5.69 Å². The SMILES string of the molecule is COc1ccc(-c2cc(C(=O)O)nn2C)c(Cl)c1OC. The standard InChI is InChI=1S/C13H13ClN2O4/c1-16-9(6-8(15-16)13(17)18)7-4-5-10(19-2)12(20-3)11(7)14/h4-6H,1-3H3,(H,17,18). The highest BCUT2D eigenvalue weighted by molar-refractivity contribution is 6.35. The van der Waals surface area contributed by atoms with Crippen molar-refractivity contribution in [2.24, 2.45) is 7.05 Å². The number of carbonyl (C=O) groups is 1. The van der Waals surface area contributed by atoms with Crippen LogP contribution in [0.3, 0.4) is 0 Å². The van der Waals surface area contributed by atoms with Crippen molar-refractivity contribution in [2.75, 3.05) is 14.2 Å². The fraction of sp³-hybridized carbons (Fsp3) is 0.231. The second-order valence-electron chi connectivity index (χ2n) is 4.01. The van der Waals surface area contributed by atoms with Gasteiger partial charge in [0, 0.05) is 12.6 Å². The third-order valence-corrected chi connectivity index (χ3v) is 3.24. The van der Waals surface area contributed by atoms with E-state index < -0.39 is 5.97 Å². The van der Waals surface area contributed by atoms with Crippen molar-refractivity contribution in [1.29, 1.82) is 0 Å². The van der Waals surface area contributed by atoms with Crippen molar-refractivity contribution in [2.45, 2.75) is 0 Å². The van der Waals surface area contributed by atoms with Crippen LogP contribution in [0.2, 0.25) is 5.02 Å². The number of rotatable bonds is 4. The highest BCUT2D eigenvalue weighted by Gasteiger charge is 2.19. The molecule has 0 aliphatic carbocycles. The summed E-state index contributed by atoms with van der Waals surface area (Å²) < 4.78 is 11.8. The summed E-state index contributed by atoms with van der Waals surface area (Å²) in [6.45, 7) is 0. The van der Waals surface area contributed by atoms with E-state index in [1.165, 1.54) is 25.0 Å². The molecule has 20 heavy (non-hydrogen) atoms. The van der Waals surface area contributed by atoms with Crippen molar-refractivity contribution >= 4 is 17.6 Å². The maximum Gasteiger partial charge on any atom is 0.356 e. The van der Waals surface area contributed by atoms with Gasteiger partial charge < -0.3 is 14.6 Å². The molecule has 1 aromatic carbocycles. The highest BCUT2D eigenvalue weighted by atomic mass is 35.5. The molecule has 0 saturated carbocycles. The molecular formula is C13H13ClN2O4. The summed E-state index contributed by atoms with van der Waals surface area (Å²) in [4.78, 5) is 11.0. The van der Waals surface area contributed by atoms with Gasteiger partial charge in [0.1, 0.15) is 0 Å². The van der Waals surface area contributed by atoms with E-state index in [9.17, 15) is 4.79 Å². The lowest BCUT2D eigenvalue weighted by atomic mass is 10.1. The van der Waals surface area contributed by atoms with Crippen LogP contribution in [0.4, 0.5) is 0 Å². The van der Waals surface area contributed by atoms with Crippen molar-refractivity contribution in [1.82, 2.24) is 9.78 Å². The smallest absolute Gasteiger partial charge is 0.356 e. The minimum atomic E-state index is -1.09. The fourth-order valence-electron chi connectivity index (χ4n) is 1.91. The van der Waals surface area contributed by atoms with Crippen LogP contribution in [0.5, 0.6) is 11.5 Å². The zero-order valence-corrected chi connectivity index (χ0v) is 11.9. The van der Waals surface area contributed by atoms with Gasteiger partial charge in [-0.25, -0.2) is 4.79 Å². The Hall–Kier alpha value is -2.21. The Morgan fingerprint density at radius 1 is 1.35 bits per heavy atom. The van der Waals surface area contributed by atoms with Crippen molar-refractivity contribution < 1.29 is 19.4 Å². The Labute approximate surface area is 120 Å². The second kappa shape index (κ2) is 5.42. The maximum atomic E-state index is 11.0. The second-order valence-corrected chi connectivity index (χ2v) is 4.38. The molecule has 0 radical (unpaired) electrons. The molecule has 2 aromatic rings. The molecular weight excluding hydrogens is 284 g/mol. The molecule has 7 heteroatoms. The third kappa shape index (κ3) is 2.30. The van der Waals surface area contributed by atoms with Crippen LogP contribution < -0.4 is 9.47 Å². The van der Waals surface area contributed by atoms with Crippen LogP contribution in [-0.4, -0.2) is 35.1 Å². The van der Waals surface area contributed by atoms with E-state index in [1.54, 1.807) is 19.2 Å². The molecule has 1 N–H and O–H groups in total. The van der Waals surface area contributed by atoms with Gasteiger partial charge in [-0.2, -0.15) is 5.10 Å². The largest absolute Gasteiger partial charge is 0.493 e. The van der Waals surface area contributed by atoms with Crippen LogP contribution in [0.15, 0.2) is 18.2 Å². The van der Waals surface area contributed by atoms with Crippen molar-refractivity contribution in [3.05, 3.63) is 28.9 Å². The lowest BCUT2D eigenvalue weighted by molar-refractivity contribution is 0.0689. The number of benzene rings is 1. The first-order valence-electron chi connectivity index (χ1n) is 5.67. The van der Waals surface area contributed by atoms with Gasteiger partial charge in [-0.15, -0.1) is 0 Å². The van der Waals surface area contributed by atoms with Gasteiger partial charge in [-0.1, -0.05) is 11.6 Å². The Morgan fingerprint density at radius 2 is 2.05 bits per heavy atom. The van der Waals surface area contributed by atoms with Gasteiger partial charge in [0.25, 0.3) is 0 Å². The summed E-state index contributed by atoms with van der Waals surface area (Å²) in [5.74, 6) is -0.199. The number of nitrogens with zero attached hydrogens (tertiary/aromatic N) is 2. The number of carboxylic acids is 1. The number of hydrogen-bond acceptors (Lipinski definition) is 4. The normalized spacial score (nSPS) is 10.4. The average molecular weight is 297 g/mol. The molecule has 0 bridgehead atoms. The zero-order valence-electron chi connectivity index (χ0n) is 11.2. The lowest BCUT2D eigenvalue weighted by Gasteiger charge is -2.12. The van der Waals surface area contributed by atoms with E-state index in [2.05, 4.69) is 5.10 Å². The minimum absolute atomic E-state index is 0.0478. The third-order valence-electron chi connectivity index (χ3n) is 2.86. The van der Waals surface area contributed by atoms with E-state index in [1.807, 2.05) is 0 Å². The Balaban J connectivity index is 2.61. The number of ether oxygens (including phenoxy) is 2. The summed E-state index contributed by atoms with van der Waals surface area (Å²) in [5.41, 5.74) is 1.15. The topological polar surface area (TPSA) is 73.6 Å². The average Bonchev–Trinajstić information content (AvgIpc) is 2.80. The van der Waals surface area contributed by atoms with Crippen molar-refractivity contribution in [3.8, 4) is 22.8 Å². The van der Waals surface area contributed by atoms with Crippen LogP contribution in [0.25, 0.3) is 11.3 Å². The number of halogens is 1. The van der Waals surface area contributed by atoms with Gasteiger partial charge in [-0.3, -0.25) is 4.68 Å². The Kier molecular flexibility index (Phi) is 3.85. The van der Waals surface area contributed by atoms with Gasteiger partial charge in [0.05, 0.1) is 24.9 Å². The molecule has 6 nitrogen and oxygen atoms in total. The molecule has 0 saturated heterocycles. The van der Waals surface area contributed by atoms with Crippen molar-refractivity contribution in [3.63, 3.8) is 0 Å². The Bertz CT molecular complexity index is 667. The predicted molar refractivity (Wildman–Crippen MR) is 73.7 cm³/mol. The van der Waals surface area contributed by atoms with Crippen LogP contribution in [-0.2, 0) is 7.05 Å². The van der Waals surface area contributed by atoms with Crippen LogP contribution in [0, 0.1) is 0 Å². The first kappa shape index (κ1) is 14.2. The number of hydrogen-bond donors (Lipinski definition) is 1. The predicted octanol–water partition coefficient (Wildman–Crippen LogP) is 2.46. The van der Waals surface area contributed by atoms with Crippen LogP contribution >= 0.6 is 11.6 Å². The summed E-state index contributed by atoms with van der Waals surface area (Å²) in [7, 11) is 4.65. The van der Waals surface area contributed by atoms with E-state index >= 15 is 0 Å². The molecule has 0 aliphatic rings. The molecule has 2 rings (SSSR count). The quantitative estimate of drug-likeness (QED) is 0.938. The number of carboxylic acid groups (broad SMARTS) is 1. The van der Waals surface area contributed by atoms with Gasteiger partial charge >= 0.3 is 5.97 Å². The molecule has 1 heterocycles. The van der Waals surface area contributed by atoms with Gasteiger partial charge in [0.15, 0.2) is 17.2 Å². The number of methoxy groups -OCH3 is 2. The number of aryl methyl sites for hydroxylation is 1. The summed E-state index contributed by atoms with van der Waals surface area (Å²) in [5, 5.41) is 13.2. The lowest BCUT2D eigenvalue weighted by Crippen LogP contribution is -1.99. The minimum Gasteiger partial charge on any atom is -0.493 e. The maximum absolute atomic E-state index is 11.0. The van der Waals surface area contributed by atoms with Gasteiger partial charge in [0.2, 0.25) is 0 Å². The summed E-state index contributed by atoms with van der Waals surface area (Å²) >= 11 is 6.29. The van der Waals surface area contributed by atoms with E-state index in [0.717, 1.165) is 0 Å². The first-order chi connectivity index (χ1) is 9.49. The van der Waals surface area contributed by atoms with E-state index in [0.29, 0.717) is 27.8 Å². The fourth-order valence-corrected chi connectivity index (χ4v) is 2.24. The molecule has 0 amide bonds. The van der Waals surface area contributed by atoms with E-state index in [4.69, 9.17) is 26.2 Å². The molecule has 1 aromatic heterocycles. The summed E-state index contributed by atoms with van der Waals surface area (Å²) in [6, 6.07) is 4.88. The number of aromatic nitrogens is 2. The molecule has 0 unspecified atom stereocenters. The molecule has 0 fully saturated rings. The summed E-state index contributed by atoms with van der Waals surface area (Å²) in [6.07, 6.45) is 0. The monoisotopic (exact) mass is 296 g/mol. The first-order valence-corrected chi connectivity index (χ1v) is 6.05. The molecule has 106 valence electrons. The Morgan fingerprint density at radius 3 is 2.55 bits per heavy atom. The van der Waals surface area contributed by atoms with Gasteiger partial charge in [-0.05, 0) is 18.2 Å². The zero-order chi connectivity index (χ0) is 14.9. The van der Waals surface area contributed by atoms with Crippen LogP contribution in [0.1, 0.15) is 10.5 Å². The molecule has 0 aliphatic heterocycles. The molecule has 0 atom stereocenters. The highest BCUT2D eigenvalue weighted by Crippen LogP contribution is 2.41. The number of aromatic carboxylic acids is 1.